The van der Waals surface area contributed by atoms with E-state index in [9.17, 15) is 9.59 Å². The number of carbonyl (C=O) groups excluding carboxylic acids is 2. The van der Waals surface area contributed by atoms with Crippen LogP contribution in [0.2, 0.25) is 0 Å². The van der Waals surface area contributed by atoms with Crippen molar-refractivity contribution in [2.45, 2.75) is 13.0 Å². The zero-order valence-electron chi connectivity index (χ0n) is 20.5. The standard InChI is InChI=1S/C29H27N3O4S/c1-35-25-16-20(24-18-37-26-5-3-2-4-23(24)26)15-21-17-31(12-13-36-28(21)25)27(33)14-19-6-8-22(9-7-19)32-11-10-30-29(32)34/h2-9,15-16,18H,10-14,17H2,1H3,(H,30,34). The van der Waals surface area contributed by atoms with Gasteiger partial charge >= 0.3 is 6.03 Å². The van der Waals surface area contributed by atoms with Gasteiger partial charge in [-0.25, -0.2) is 4.79 Å². The van der Waals surface area contributed by atoms with E-state index in [2.05, 4.69) is 35.0 Å². The first-order valence-electron chi connectivity index (χ1n) is 12.3. The van der Waals surface area contributed by atoms with Gasteiger partial charge in [0.05, 0.1) is 20.1 Å². The zero-order chi connectivity index (χ0) is 25.4. The Bertz CT molecular complexity index is 1480. The molecule has 37 heavy (non-hydrogen) atoms. The van der Waals surface area contributed by atoms with Gasteiger partial charge in [-0.1, -0.05) is 30.3 Å². The van der Waals surface area contributed by atoms with Crippen LogP contribution in [0, 0.1) is 0 Å². The number of fused-ring (bicyclic) bond motifs is 2. The smallest absolute Gasteiger partial charge is 0.321 e. The summed E-state index contributed by atoms with van der Waals surface area (Å²) in [5, 5.41) is 6.18. The van der Waals surface area contributed by atoms with Crippen LogP contribution in [0.3, 0.4) is 0 Å². The van der Waals surface area contributed by atoms with E-state index in [4.69, 9.17) is 9.47 Å². The Kier molecular flexibility index (Phi) is 6.18. The van der Waals surface area contributed by atoms with Crippen molar-refractivity contribution in [2.75, 3.05) is 38.3 Å². The lowest BCUT2D eigenvalue weighted by molar-refractivity contribution is -0.131. The number of ether oxygens (including phenoxy) is 2. The Labute approximate surface area is 219 Å². The van der Waals surface area contributed by atoms with E-state index in [-0.39, 0.29) is 18.4 Å². The Morgan fingerprint density at radius 2 is 1.95 bits per heavy atom. The monoisotopic (exact) mass is 513 g/mol. The fourth-order valence-corrected chi connectivity index (χ4v) is 5.97. The number of methoxy groups -OCH3 is 1. The van der Waals surface area contributed by atoms with E-state index in [1.807, 2.05) is 41.3 Å². The number of amides is 3. The molecule has 1 N–H and O–H groups in total. The van der Waals surface area contributed by atoms with Gasteiger partial charge in [0.1, 0.15) is 6.61 Å². The van der Waals surface area contributed by atoms with E-state index in [1.165, 1.54) is 10.1 Å². The quantitative estimate of drug-likeness (QED) is 0.405. The highest BCUT2D eigenvalue weighted by Gasteiger charge is 2.25. The summed E-state index contributed by atoms with van der Waals surface area (Å²) in [5.41, 5.74) is 4.88. The minimum atomic E-state index is -0.0858. The molecule has 0 aliphatic carbocycles. The van der Waals surface area contributed by atoms with Gasteiger partial charge in [-0.15, -0.1) is 11.3 Å². The van der Waals surface area contributed by atoms with Crippen molar-refractivity contribution in [2.24, 2.45) is 0 Å². The molecule has 0 saturated carbocycles. The molecule has 3 amide bonds. The number of anilines is 1. The highest BCUT2D eigenvalue weighted by atomic mass is 32.1. The second-order valence-corrected chi connectivity index (χ2v) is 10.1. The average molecular weight is 514 g/mol. The van der Waals surface area contributed by atoms with Crippen LogP contribution >= 0.6 is 11.3 Å². The number of carbonyl (C=O) groups is 2. The van der Waals surface area contributed by atoms with Crippen molar-refractivity contribution in [3.8, 4) is 22.6 Å². The second kappa shape index (κ2) is 9.78. The Balaban J connectivity index is 1.24. The first-order valence-corrected chi connectivity index (χ1v) is 13.2. The summed E-state index contributed by atoms with van der Waals surface area (Å²) in [5.74, 6) is 1.42. The number of nitrogens with zero attached hydrogens (tertiary/aromatic N) is 2. The Hall–Kier alpha value is -4.04. The Morgan fingerprint density at radius 3 is 2.73 bits per heavy atom. The maximum absolute atomic E-state index is 13.3. The maximum Gasteiger partial charge on any atom is 0.321 e. The summed E-state index contributed by atoms with van der Waals surface area (Å²) in [6.45, 7) is 2.65. The van der Waals surface area contributed by atoms with Crippen LogP contribution in [-0.4, -0.2) is 50.2 Å². The zero-order valence-corrected chi connectivity index (χ0v) is 21.3. The summed E-state index contributed by atoms with van der Waals surface area (Å²) in [4.78, 5) is 28.8. The van der Waals surface area contributed by atoms with Gasteiger partial charge in [-0.05, 0) is 46.8 Å². The van der Waals surface area contributed by atoms with Gasteiger partial charge in [0.25, 0.3) is 0 Å². The van der Waals surface area contributed by atoms with Crippen LogP contribution in [0.1, 0.15) is 11.1 Å². The van der Waals surface area contributed by atoms with E-state index < -0.39 is 0 Å². The molecule has 7 nitrogen and oxygen atoms in total. The van der Waals surface area contributed by atoms with Crippen molar-refractivity contribution in [3.05, 3.63) is 77.2 Å². The number of benzene rings is 3. The number of hydrogen-bond donors (Lipinski definition) is 1. The number of thiophene rings is 1. The van der Waals surface area contributed by atoms with Gasteiger partial charge in [-0.2, -0.15) is 0 Å². The molecule has 3 heterocycles. The van der Waals surface area contributed by atoms with E-state index in [1.54, 1.807) is 23.3 Å². The van der Waals surface area contributed by atoms with E-state index in [0.717, 1.165) is 27.9 Å². The molecular formula is C29H27N3O4S. The van der Waals surface area contributed by atoms with Gasteiger partial charge in [0, 0.05) is 46.5 Å². The van der Waals surface area contributed by atoms with Crippen molar-refractivity contribution in [1.29, 1.82) is 0 Å². The normalized spacial score (nSPS) is 15.2. The lowest BCUT2D eigenvalue weighted by Gasteiger charge is -2.21. The summed E-state index contributed by atoms with van der Waals surface area (Å²) in [7, 11) is 1.65. The fraction of sp³-hybridized carbons (Fsp3) is 0.241. The van der Waals surface area contributed by atoms with Gasteiger partial charge < -0.3 is 19.7 Å². The summed E-state index contributed by atoms with van der Waals surface area (Å²) in [6.07, 6.45) is 0.286. The van der Waals surface area contributed by atoms with E-state index >= 15 is 0 Å². The number of hydrogen-bond acceptors (Lipinski definition) is 5. The molecular weight excluding hydrogens is 486 g/mol. The van der Waals surface area contributed by atoms with Crippen molar-refractivity contribution in [1.82, 2.24) is 10.2 Å². The molecule has 2 aliphatic heterocycles. The fourth-order valence-electron chi connectivity index (χ4n) is 5.00. The predicted molar refractivity (Wildman–Crippen MR) is 146 cm³/mol. The van der Waals surface area contributed by atoms with Crippen molar-refractivity contribution in [3.63, 3.8) is 0 Å². The second-order valence-electron chi connectivity index (χ2n) is 9.20. The van der Waals surface area contributed by atoms with Crippen LogP contribution in [0.4, 0.5) is 10.5 Å². The third-order valence-electron chi connectivity index (χ3n) is 6.93. The molecule has 1 fully saturated rings. The molecule has 4 aromatic rings. The Morgan fingerprint density at radius 1 is 1.11 bits per heavy atom. The minimum absolute atomic E-state index is 0.0356. The van der Waals surface area contributed by atoms with Crippen LogP contribution in [0.25, 0.3) is 21.2 Å². The number of urea groups is 1. The molecule has 8 heteroatoms. The molecule has 6 rings (SSSR count). The van der Waals surface area contributed by atoms with Gasteiger partial charge in [-0.3, -0.25) is 9.69 Å². The summed E-state index contributed by atoms with van der Waals surface area (Å²) >= 11 is 1.72. The van der Waals surface area contributed by atoms with Crippen molar-refractivity contribution >= 4 is 39.0 Å². The first kappa shape index (κ1) is 23.4. The molecule has 2 aliphatic rings. The highest BCUT2D eigenvalue weighted by Crippen LogP contribution is 2.41. The molecule has 1 saturated heterocycles. The average Bonchev–Trinajstić information content (AvgIpc) is 3.48. The van der Waals surface area contributed by atoms with E-state index in [0.29, 0.717) is 44.3 Å². The maximum atomic E-state index is 13.3. The molecule has 0 radical (unpaired) electrons. The van der Waals surface area contributed by atoms with Crippen molar-refractivity contribution < 1.29 is 19.1 Å². The lowest BCUT2D eigenvalue weighted by Crippen LogP contribution is -2.33. The summed E-state index contributed by atoms with van der Waals surface area (Å²) in [6, 6.07) is 20.1. The molecule has 188 valence electrons. The molecule has 3 aromatic carbocycles. The molecule has 1 aromatic heterocycles. The SMILES string of the molecule is COc1cc(-c2csc3ccccc23)cc2c1OCCN(C(=O)Cc1ccc(N3CCNC3=O)cc1)C2. The lowest BCUT2D eigenvalue weighted by atomic mass is 10.0. The third-order valence-corrected chi connectivity index (χ3v) is 7.89. The number of nitrogens with one attached hydrogen (secondary N) is 1. The molecule has 0 unspecified atom stereocenters. The van der Waals surface area contributed by atoms with Crippen LogP contribution in [0.5, 0.6) is 11.5 Å². The molecule has 0 spiro atoms. The molecule has 0 atom stereocenters. The molecule has 0 bridgehead atoms. The van der Waals surface area contributed by atoms with Gasteiger partial charge in [0.15, 0.2) is 11.5 Å². The summed E-state index contributed by atoms with van der Waals surface area (Å²) < 4.78 is 13.0. The first-order chi connectivity index (χ1) is 18.1. The third kappa shape index (κ3) is 4.49. The highest BCUT2D eigenvalue weighted by molar-refractivity contribution is 7.17. The van der Waals surface area contributed by atoms with Crippen LogP contribution in [-0.2, 0) is 17.8 Å². The largest absolute Gasteiger partial charge is 0.493 e. The van der Waals surface area contributed by atoms with Crippen LogP contribution < -0.4 is 19.7 Å². The van der Waals surface area contributed by atoms with Crippen LogP contribution in [0.15, 0.2) is 66.0 Å². The topological polar surface area (TPSA) is 71.1 Å². The predicted octanol–water partition coefficient (Wildman–Crippen LogP) is 5.07. The minimum Gasteiger partial charge on any atom is -0.493 e. The number of rotatable bonds is 5. The van der Waals surface area contributed by atoms with Gasteiger partial charge in [0.2, 0.25) is 5.91 Å².